The minimum absolute atomic E-state index is 0.0439. The van der Waals surface area contributed by atoms with Crippen LogP contribution in [0.5, 0.6) is 0 Å². The van der Waals surface area contributed by atoms with Crippen molar-refractivity contribution in [3.8, 4) is 0 Å². The summed E-state index contributed by atoms with van der Waals surface area (Å²) in [4.78, 5) is 12.6. The van der Waals surface area contributed by atoms with E-state index in [-0.39, 0.29) is 5.91 Å². The van der Waals surface area contributed by atoms with Gasteiger partial charge in [0.2, 0.25) is 5.91 Å². The van der Waals surface area contributed by atoms with Gasteiger partial charge in [-0.1, -0.05) is 35.9 Å². The highest BCUT2D eigenvalue weighted by atomic mass is 32.2. The van der Waals surface area contributed by atoms with Crippen molar-refractivity contribution in [2.45, 2.75) is 18.7 Å². The van der Waals surface area contributed by atoms with Gasteiger partial charge in [-0.2, -0.15) is 0 Å². The van der Waals surface area contributed by atoms with Crippen molar-refractivity contribution in [2.24, 2.45) is 0 Å². The van der Waals surface area contributed by atoms with Gasteiger partial charge in [0.1, 0.15) is 0 Å². The topological polar surface area (TPSA) is 29.1 Å². The lowest BCUT2D eigenvalue weighted by Gasteiger charge is -2.03. The first-order valence-corrected chi connectivity index (χ1v) is 6.97. The molecule has 0 saturated carbocycles. The van der Waals surface area contributed by atoms with Gasteiger partial charge in [0.25, 0.3) is 0 Å². The van der Waals surface area contributed by atoms with E-state index in [1.807, 2.05) is 19.1 Å². The molecule has 2 nitrogen and oxygen atoms in total. The number of benzene rings is 1. The SMILES string of the molecule is C/C=C/C=C/C(=O)NCCSc1ccc(C)cc1. The predicted molar refractivity (Wildman–Crippen MR) is 78.9 cm³/mol. The van der Waals surface area contributed by atoms with Crippen LogP contribution < -0.4 is 5.32 Å². The molecule has 0 aliphatic heterocycles. The fraction of sp³-hybridized carbons (Fsp3) is 0.267. The Bertz CT molecular complexity index is 421. The number of thioether (sulfide) groups is 1. The maximum absolute atomic E-state index is 11.3. The Morgan fingerprint density at radius 3 is 2.67 bits per heavy atom. The van der Waals surface area contributed by atoms with Gasteiger partial charge in [-0.05, 0) is 26.0 Å². The molecule has 1 N–H and O–H groups in total. The largest absolute Gasteiger partial charge is 0.352 e. The summed E-state index contributed by atoms with van der Waals surface area (Å²) in [6.45, 7) is 4.67. The molecule has 0 aliphatic rings. The average molecular weight is 261 g/mol. The van der Waals surface area contributed by atoms with Gasteiger partial charge in [0, 0.05) is 23.3 Å². The van der Waals surface area contributed by atoms with E-state index in [0.717, 1.165) is 5.75 Å². The average Bonchev–Trinajstić information content (AvgIpc) is 2.37. The van der Waals surface area contributed by atoms with Gasteiger partial charge < -0.3 is 5.32 Å². The zero-order valence-electron chi connectivity index (χ0n) is 10.8. The third-order valence-corrected chi connectivity index (χ3v) is 3.26. The first-order chi connectivity index (χ1) is 8.72. The second-order valence-electron chi connectivity index (χ2n) is 3.84. The smallest absolute Gasteiger partial charge is 0.244 e. The minimum Gasteiger partial charge on any atom is -0.352 e. The van der Waals surface area contributed by atoms with Crippen LogP contribution in [0.15, 0.2) is 53.5 Å². The van der Waals surface area contributed by atoms with Crippen molar-refractivity contribution in [1.29, 1.82) is 0 Å². The van der Waals surface area contributed by atoms with Crippen LogP contribution in [0.4, 0.5) is 0 Å². The molecule has 0 fully saturated rings. The Labute approximate surface area is 113 Å². The molecule has 0 unspecified atom stereocenters. The highest BCUT2D eigenvalue weighted by Crippen LogP contribution is 2.17. The van der Waals surface area contributed by atoms with Crippen LogP contribution in [-0.2, 0) is 4.79 Å². The lowest BCUT2D eigenvalue weighted by molar-refractivity contribution is -0.116. The summed E-state index contributed by atoms with van der Waals surface area (Å²) in [6, 6.07) is 8.41. The van der Waals surface area contributed by atoms with Crippen LogP contribution in [-0.4, -0.2) is 18.2 Å². The molecule has 0 spiro atoms. The third-order valence-electron chi connectivity index (χ3n) is 2.24. The Hall–Kier alpha value is -1.48. The first-order valence-electron chi connectivity index (χ1n) is 5.99. The van der Waals surface area contributed by atoms with E-state index in [1.165, 1.54) is 16.5 Å². The summed E-state index contributed by atoms with van der Waals surface area (Å²) in [5.74, 6) is 0.837. The van der Waals surface area contributed by atoms with Crippen LogP contribution >= 0.6 is 11.8 Å². The molecule has 0 aromatic heterocycles. The van der Waals surface area contributed by atoms with Crippen LogP contribution in [0.3, 0.4) is 0 Å². The second-order valence-corrected chi connectivity index (χ2v) is 5.01. The van der Waals surface area contributed by atoms with E-state index < -0.39 is 0 Å². The summed E-state index contributed by atoms with van der Waals surface area (Å²) in [5, 5.41) is 2.84. The molecular formula is C15H19NOS. The van der Waals surface area contributed by atoms with Crippen molar-refractivity contribution in [3.05, 3.63) is 54.1 Å². The molecule has 18 heavy (non-hydrogen) atoms. The van der Waals surface area contributed by atoms with Crippen molar-refractivity contribution >= 4 is 17.7 Å². The molecule has 1 rings (SSSR count). The third kappa shape index (κ3) is 6.30. The fourth-order valence-electron chi connectivity index (χ4n) is 1.29. The maximum Gasteiger partial charge on any atom is 0.244 e. The van der Waals surface area contributed by atoms with Crippen molar-refractivity contribution in [3.63, 3.8) is 0 Å². The summed E-state index contributed by atoms with van der Waals surface area (Å²) in [5.41, 5.74) is 1.27. The van der Waals surface area contributed by atoms with Crippen molar-refractivity contribution in [1.82, 2.24) is 5.32 Å². The van der Waals surface area contributed by atoms with Gasteiger partial charge in [0.15, 0.2) is 0 Å². The predicted octanol–water partition coefficient (Wildman–Crippen LogP) is 3.34. The zero-order valence-corrected chi connectivity index (χ0v) is 11.7. The molecule has 0 bridgehead atoms. The van der Waals surface area contributed by atoms with Gasteiger partial charge in [0.05, 0.1) is 0 Å². The number of rotatable bonds is 6. The fourth-order valence-corrected chi connectivity index (χ4v) is 2.06. The standard InChI is InChI=1S/C15H19NOS/c1-3-4-5-6-15(17)16-11-12-18-14-9-7-13(2)8-10-14/h3-10H,11-12H2,1-2H3,(H,16,17)/b4-3+,6-5+. The van der Waals surface area contributed by atoms with E-state index in [9.17, 15) is 4.79 Å². The van der Waals surface area contributed by atoms with Gasteiger partial charge >= 0.3 is 0 Å². The first kappa shape index (κ1) is 14.6. The van der Waals surface area contributed by atoms with E-state index in [0.29, 0.717) is 6.54 Å². The van der Waals surface area contributed by atoms with E-state index in [2.05, 4.69) is 36.5 Å². The van der Waals surface area contributed by atoms with Crippen LogP contribution in [0, 0.1) is 6.92 Å². The molecule has 96 valence electrons. The number of nitrogens with one attached hydrogen (secondary N) is 1. The van der Waals surface area contributed by atoms with E-state index >= 15 is 0 Å². The molecule has 1 aromatic carbocycles. The number of aryl methyl sites for hydroxylation is 1. The minimum atomic E-state index is -0.0439. The summed E-state index contributed by atoms with van der Waals surface area (Å²) >= 11 is 1.75. The monoisotopic (exact) mass is 261 g/mol. The summed E-state index contributed by atoms with van der Waals surface area (Å²) in [7, 11) is 0. The lowest BCUT2D eigenvalue weighted by Crippen LogP contribution is -2.23. The number of allylic oxidation sites excluding steroid dienone is 3. The van der Waals surface area contributed by atoms with Crippen LogP contribution in [0.1, 0.15) is 12.5 Å². The second kappa shape index (κ2) is 8.59. The molecule has 1 aromatic rings. The maximum atomic E-state index is 11.3. The highest BCUT2D eigenvalue weighted by molar-refractivity contribution is 7.99. The number of amides is 1. The molecule has 0 radical (unpaired) electrons. The molecule has 0 atom stereocenters. The Morgan fingerprint density at radius 2 is 2.00 bits per heavy atom. The molecule has 0 aliphatic carbocycles. The molecule has 0 saturated heterocycles. The van der Waals surface area contributed by atoms with E-state index in [1.54, 1.807) is 17.8 Å². The molecule has 3 heteroatoms. The number of hydrogen-bond donors (Lipinski definition) is 1. The quantitative estimate of drug-likeness (QED) is 0.368. The normalized spacial score (nSPS) is 11.2. The van der Waals surface area contributed by atoms with Gasteiger partial charge in [-0.15, -0.1) is 11.8 Å². The lowest BCUT2D eigenvalue weighted by atomic mass is 10.2. The van der Waals surface area contributed by atoms with Crippen LogP contribution in [0.25, 0.3) is 0 Å². The summed E-state index contributed by atoms with van der Waals surface area (Å²) < 4.78 is 0. The molecule has 0 heterocycles. The van der Waals surface area contributed by atoms with Crippen LogP contribution in [0.2, 0.25) is 0 Å². The number of carbonyl (C=O) groups is 1. The highest BCUT2D eigenvalue weighted by Gasteiger charge is 1.96. The Morgan fingerprint density at radius 1 is 1.28 bits per heavy atom. The number of hydrogen-bond acceptors (Lipinski definition) is 2. The zero-order chi connectivity index (χ0) is 13.2. The number of carbonyl (C=O) groups excluding carboxylic acids is 1. The van der Waals surface area contributed by atoms with Crippen molar-refractivity contribution in [2.75, 3.05) is 12.3 Å². The Balaban J connectivity index is 2.18. The van der Waals surface area contributed by atoms with Gasteiger partial charge in [-0.25, -0.2) is 0 Å². The van der Waals surface area contributed by atoms with E-state index in [4.69, 9.17) is 0 Å². The molecule has 1 amide bonds. The summed E-state index contributed by atoms with van der Waals surface area (Å²) in [6.07, 6.45) is 7.00. The molecular weight excluding hydrogens is 242 g/mol. The Kier molecular flexibility index (Phi) is 6.96. The van der Waals surface area contributed by atoms with Gasteiger partial charge in [-0.3, -0.25) is 4.79 Å². The van der Waals surface area contributed by atoms with Crippen molar-refractivity contribution < 1.29 is 4.79 Å².